The van der Waals surface area contributed by atoms with E-state index in [-0.39, 0.29) is 0 Å². The summed E-state index contributed by atoms with van der Waals surface area (Å²) in [7, 11) is 0. The highest BCUT2D eigenvalue weighted by atomic mass is 79.9. The maximum Gasteiger partial charge on any atom is 0.164 e. The summed E-state index contributed by atoms with van der Waals surface area (Å²) < 4.78 is 3.62. The van der Waals surface area contributed by atoms with Crippen LogP contribution in [0, 0.1) is 11.8 Å². The van der Waals surface area contributed by atoms with Gasteiger partial charge >= 0.3 is 0 Å². The number of para-hydroxylation sites is 1. The minimum Gasteiger partial charge on any atom is -0.309 e. The molecule has 0 spiro atoms. The van der Waals surface area contributed by atoms with Gasteiger partial charge in [-0.05, 0) is 70.6 Å². The van der Waals surface area contributed by atoms with Crippen molar-refractivity contribution >= 4 is 48.9 Å². The van der Waals surface area contributed by atoms with E-state index < -0.39 is 0 Å². The zero-order chi connectivity index (χ0) is 31.2. The molecule has 2 unspecified atom stereocenters. The number of halogens is 1. The molecular formula is C41H33BrN4. The van der Waals surface area contributed by atoms with Crippen molar-refractivity contribution in [1.82, 2.24) is 19.5 Å². The molecule has 2 aliphatic carbocycles. The molecule has 2 aliphatic rings. The number of rotatable bonds is 5. The van der Waals surface area contributed by atoms with Gasteiger partial charge in [0.25, 0.3) is 0 Å². The number of nitrogens with zero attached hydrogens (tertiary/aromatic N) is 4. The molecule has 0 saturated heterocycles. The van der Waals surface area contributed by atoms with Crippen LogP contribution in [0.15, 0.2) is 132 Å². The van der Waals surface area contributed by atoms with E-state index in [1.165, 1.54) is 31.9 Å². The molecule has 2 atom stereocenters. The third-order valence-electron chi connectivity index (χ3n) is 9.21. The highest BCUT2D eigenvalue weighted by Gasteiger charge is 2.21. The van der Waals surface area contributed by atoms with Crippen LogP contribution in [0.2, 0.25) is 0 Å². The van der Waals surface area contributed by atoms with E-state index in [1.54, 1.807) is 0 Å². The van der Waals surface area contributed by atoms with Gasteiger partial charge in [-0.2, -0.15) is 0 Å². The van der Waals surface area contributed by atoms with Gasteiger partial charge in [-0.1, -0.05) is 127 Å². The third kappa shape index (κ3) is 5.15. The Hall–Kier alpha value is -4.87. The number of fused-ring (bicyclic) bond motifs is 3. The van der Waals surface area contributed by atoms with E-state index in [9.17, 15) is 0 Å². The van der Waals surface area contributed by atoms with Crippen molar-refractivity contribution in [3.63, 3.8) is 0 Å². The average molecular weight is 662 g/mol. The Kier molecular flexibility index (Phi) is 7.34. The topological polar surface area (TPSA) is 43.6 Å². The number of benzene rings is 4. The smallest absolute Gasteiger partial charge is 0.164 e. The zero-order valence-corrected chi connectivity index (χ0v) is 27.4. The third-order valence-corrected chi connectivity index (χ3v) is 9.79. The van der Waals surface area contributed by atoms with Gasteiger partial charge in [-0.15, -0.1) is 0 Å². The first kappa shape index (κ1) is 28.6. The van der Waals surface area contributed by atoms with Crippen molar-refractivity contribution in [2.24, 2.45) is 11.8 Å². The second-order valence-electron chi connectivity index (χ2n) is 12.3. The van der Waals surface area contributed by atoms with Gasteiger partial charge in [-0.3, -0.25) is 0 Å². The Balaban J connectivity index is 1.35. The molecule has 0 bridgehead atoms. The van der Waals surface area contributed by atoms with Crippen molar-refractivity contribution in [1.29, 1.82) is 0 Å². The molecule has 0 fully saturated rings. The van der Waals surface area contributed by atoms with Crippen LogP contribution in [0.4, 0.5) is 0 Å². The molecule has 4 aromatic carbocycles. The highest BCUT2D eigenvalue weighted by Crippen LogP contribution is 2.39. The molecule has 8 rings (SSSR count). The molecule has 2 aromatic heterocycles. The summed E-state index contributed by atoms with van der Waals surface area (Å²) in [6, 6.07) is 34.4. The molecule has 6 aromatic rings. The van der Waals surface area contributed by atoms with Crippen molar-refractivity contribution in [2.75, 3.05) is 0 Å². The molecule has 5 heteroatoms. The average Bonchev–Trinajstić information content (AvgIpc) is 3.42. The first-order valence-corrected chi connectivity index (χ1v) is 16.7. The zero-order valence-electron chi connectivity index (χ0n) is 25.9. The first-order chi connectivity index (χ1) is 22.5. The molecule has 4 nitrogen and oxygen atoms in total. The van der Waals surface area contributed by atoms with Crippen LogP contribution >= 0.6 is 15.9 Å². The Bertz CT molecular complexity index is 2240. The lowest BCUT2D eigenvalue weighted by atomic mass is 9.87. The van der Waals surface area contributed by atoms with Gasteiger partial charge in [0, 0.05) is 33.2 Å². The summed E-state index contributed by atoms with van der Waals surface area (Å²) in [6.45, 7) is 4.54. The molecule has 2 heterocycles. The van der Waals surface area contributed by atoms with Gasteiger partial charge in [0.1, 0.15) is 0 Å². The van der Waals surface area contributed by atoms with Gasteiger partial charge in [0.15, 0.2) is 17.5 Å². The number of aromatic nitrogens is 4. The SMILES string of the molecule is CC1CC(Br)=CC=C1c1ccc2c(c1)c1ccc(-c3nc(C4=CC=CCC4C)nc(-c4ccccc4)n3)cc1n2-c1ccccc1. The monoisotopic (exact) mass is 660 g/mol. The van der Waals surface area contributed by atoms with E-state index in [0.717, 1.165) is 46.6 Å². The lowest BCUT2D eigenvalue weighted by molar-refractivity contribution is 0.747. The lowest BCUT2D eigenvalue weighted by Crippen LogP contribution is -2.08. The molecular weight excluding hydrogens is 628 g/mol. The largest absolute Gasteiger partial charge is 0.309 e. The van der Waals surface area contributed by atoms with E-state index in [2.05, 4.69) is 144 Å². The molecule has 46 heavy (non-hydrogen) atoms. The number of hydrogen-bond donors (Lipinski definition) is 0. The van der Waals surface area contributed by atoms with Crippen LogP contribution in [0.25, 0.3) is 61.4 Å². The summed E-state index contributed by atoms with van der Waals surface area (Å²) >= 11 is 3.70. The first-order valence-electron chi connectivity index (χ1n) is 15.9. The maximum atomic E-state index is 5.11. The summed E-state index contributed by atoms with van der Waals surface area (Å²) in [5, 5.41) is 2.44. The molecule has 0 aliphatic heterocycles. The quantitative estimate of drug-likeness (QED) is 0.185. The summed E-state index contributed by atoms with van der Waals surface area (Å²) in [5.41, 5.74) is 9.15. The van der Waals surface area contributed by atoms with Crippen LogP contribution in [-0.2, 0) is 0 Å². The lowest BCUT2D eigenvalue weighted by Gasteiger charge is -2.20. The molecule has 0 N–H and O–H groups in total. The van der Waals surface area contributed by atoms with Gasteiger partial charge in [0.2, 0.25) is 0 Å². The minimum absolute atomic E-state index is 0.333. The molecule has 0 amide bonds. The van der Waals surface area contributed by atoms with Crippen LogP contribution in [0.3, 0.4) is 0 Å². The summed E-state index contributed by atoms with van der Waals surface area (Å²) in [5.74, 6) is 2.88. The second-order valence-corrected chi connectivity index (χ2v) is 13.4. The van der Waals surface area contributed by atoms with E-state index in [4.69, 9.17) is 15.0 Å². The molecule has 0 radical (unpaired) electrons. The predicted octanol–water partition coefficient (Wildman–Crippen LogP) is 11.0. The van der Waals surface area contributed by atoms with E-state index in [1.807, 2.05) is 18.2 Å². The Labute approximate surface area is 277 Å². The predicted molar refractivity (Wildman–Crippen MR) is 195 cm³/mol. The Morgan fingerprint density at radius 1 is 0.609 bits per heavy atom. The fourth-order valence-electron chi connectivity index (χ4n) is 6.78. The molecule has 224 valence electrons. The standard InChI is InChI=1S/C41H33BrN4/c1-26-11-9-10-16-34(26)41-44-39(28-12-5-3-6-13-28)43-40(45-41)30-17-20-35-36-24-29(33-21-19-31(42)23-27(33)2)18-22-37(36)46(38(35)25-30)32-14-7-4-8-15-32/h3-10,12-22,24-27H,11,23H2,1-2H3. The fourth-order valence-corrected chi connectivity index (χ4v) is 7.40. The van der Waals surface area contributed by atoms with E-state index in [0.29, 0.717) is 23.5 Å². The van der Waals surface area contributed by atoms with Crippen molar-refractivity contribution in [3.8, 4) is 28.5 Å². The second kappa shape index (κ2) is 11.8. The van der Waals surface area contributed by atoms with Crippen LogP contribution in [-0.4, -0.2) is 19.5 Å². The number of hydrogen-bond acceptors (Lipinski definition) is 3. The van der Waals surface area contributed by atoms with Crippen molar-refractivity contribution < 1.29 is 0 Å². The normalized spacial score (nSPS) is 18.0. The summed E-state index contributed by atoms with van der Waals surface area (Å²) in [4.78, 5) is 15.1. The Morgan fingerprint density at radius 3 is 2.09 bits per heavy atom. The maximum absolute atomic E-state index is 5.11. The molecule has 0 saturated carbocycles. The van der Waals surface area contributed by atoms with Crippen molar-refractivity contribution in [3.05, 3.63) is 143 Å². The number of allylic oxidation sites excluding steroid dienone is 8. The Morgan fingerprint density at radius 2 is 1.33 bits per heavy atom. The van der Waals surface area contributed by atoms with E-state index >= 15 is 0 Å². The fraction of sp³-hybridized carbons (Fsp3) is 0.146. The summed E-state index contributed by atoms with van der Waals surface area (Å²) in [6.07, 6.45) is 12.9. The van der Waals surface area contributed by atoms with Gasteiger partial charge in [0.05, 0.1) is 11.0 Å². The van der Waals surface area contributed by atoms with Crippen molar-refractivity contribution in [2.45, 2.75) is 26.7 Å². The van der Waals surface area contributed by atoms with Crippen LogP contribution < -0.4 is 0 Å². The highest BCUT2D eigenvalue weighted by molar-refractivity contribution is 9.11. The van der Waals surface area contributed by atoms with Gasteiger partial charge in [-0.25, -0.2) is 15.0 Å². The van der Waals surface area contributed by atoms with Crippen LogP contribution in [0.5, 0.6) is 0 Å². The van der Waals surface area contributed by atoms with Crippen LogP contribution in [0.1, 0.15) is 38.1 Å². The van der Waals surface area contributed by atoms with Gasteiger partial charge < -0.3 is 4.57 Å². The minimum atomic E-state index is 0.333.